The molecular formula is C20H25N3O2. The molecule has 1 amide bonds. The van der Waals surface area contributed by atoms with Crippen LogP contribution >= 0.6 is 0 Å². The van der Waals surface area contributed by atoms with Crippen molar-refractivity contribution in [2.75, 3.05) is 11.9 Å². The number of anilines is 2. The van der Waals surface area contributed by atoms with E-state index in [2.05, 4.69) is 22.5 Å². The molecule has 0 radical (unpaired) electrons. The molecule has 0 fully saturated rings. The number of hydrogen-bond acceptors (Lipinski definition) is 3. The van der Waals surface area contributed by atoms with E-state index in [9.17, 15) is 9.59 Å². The lowest BCUT2D eigenvalue weighted by Gasteiger charge is -2.19. The molecule has 3 rings (SSSR count). The Labute approximate surface area is 147 Å². The van der Waals surface area contributed by atoms with Crippen LogP contribution in [0.2, 0.25) is 0 Å². The summed E-state index contributed by atoms with van der Waals surface area (Å²) in [5, 5.41) is 6.31. The normalized spacial score (nSPS) is 13.2. The van der Waals surface area contributed by atoms with Gasteiger partial charge in [-0.3, -0.25) is 9.59 Å². The van der Waals surface area contributed by atoms with Crippen molar-refractivity contribution >= 4 is 17.3 Å². The molecule has 0 saturated heterocycles. The van der Waals surface area contributed by atoms with Crippen molar-refractivity contribution in [2.45, 2.75) is 45.4 Å². The van der Waals surface area contributed by atoms with Crippen molar-refractivity contribution in [1.82, 2.24) is 10.3 Å². The highest BCUT2D eigenvalue weighted by molar-refractivity contribution is 5.95. The lowest BCUT2D eigenvalue weighted by atomic mass is 9.92. The Kier molecular flexibility index (Phi) is 5.53. The van der Waals surface area contributed by atoms with E-state index >= 15 is 0 Å². The minimum absolute atomic E-state index is 0.0179. The van der Waals surface area contributed by atoms with Gasteiger partial charge < -0.3 is 15.6 Å². The number of benzene rings is 1. The molecule has 132 valence electrons. The zero-order chi connectivity index (χ0) is 17.6. The van der Waals surface area contributed by atoms with Gasteiger partial charge in [-0.05, 0) is 55.9 Å². The molecule has 0 saturated carbocycles. The minimum atomic E-state index is -0.0550. The van der Waals surface area contributed by atoms with Gasteiger partial charge in [0.05, 0.1) is 5.69 Å². The average molecular weight is 339 g/mol. The van der Waals surface area contributed by atoms with E-state index in [1.807, 2.05) is 24.3 Å². The summed E-state index contributed by atoms with van der Waals surface area (Å²) in [5.74, 6) is -0.0550. The van der Waals surface area contributed by atoms with Gasteiger partial charge in [0.25, 0.3) is 11.5 Å². The standard InChI is InChI=1S/C20H25N3O2/c1-2-3-11-21-19(24)14-7-6-8-15(12-14)23-18-13-22-20(25)17-10-5-4-9-16(17)18/h6-8,12-13,23H,2-5,9-11H2,1H3,(H,21,24)(H,22,25). The lowest BCUT2D eigenvalue weighted by molar-refractivity contribution is 0.0953. The molecule has 5 nitrogen and oxygen atoms in total. The molecule has 1 aliphatic rings. The van der Waals surface area contributed by atoms with Crippen molar-refractivity contribution in [3.63, 3.8) is 0 Å². The van der Waals surface area contributed by atoms with E-state index < -0.39 is 0 Å². The van der Waals surface area contributed by atoms with Crippen molar-refractivity contribution in [2.24, 2.45) is 0 Å². The van der Waals surface area contributed by atoms with E-state index in [0.717, 1.165) is 61.0 Å². The van der Waals surface area contributed by atoms with E-state index in [1.54, 1.807) is 6.20 Å². The van der Waals surface area contributed by atoms with Gasteiger partial charge in [0.2, 0.25) is 0 Å². The number of pyridine rings is 1. The van der Waals surface area contributed by atoms with Crippen LogP contribution in [0.1, 0.15) is 54.1 Å². The summed E-state index contributed by atoms with van der Waals surface area (Å²) in [6, 6.07) is 7.47. The fraction of sp³-hybridized carbons (Fsp3) is 0.400. The van der Waals surface area contributed by atoms with Gasteiger partial charge in [-0.2, -0.15) is 0 Å². The van der Waals surface area contributed by atoms with Crippen LogP contribution in [0.15, 0.2) is 35.3 Å². The number of carbonyl (C=O) groups is 1. The first-order valence-corrected chi connectivity index (χ1v) is 9.07. The van der Waals surface area contributed by atoms with Gasteiger partial charge in [0, 0.05) is 29.6 Å². The first-order chi connectivity index (χ1) is 12.2. The third-order valence-electron chi connectivity index (χ3n) is 4.63. The van der Waals surface area contributed by atoms with Crippen molar-refractivity contribution < 1.29 is 4.79 Å². The lowest BCUT2D eigenvalue weighted by Crippen LogP contribution is -2.24. The number of fused-ring (bicyclic) bond motifs is 1. The average Bonchev–Trinajstić information content (AvgIpc) is 2.65. The van der Waals surface area contributed by atoms with E-state index in [1.165, 1.54) is 0 Å². The second-order valence-corrected chi connectivity index (χ2v) is 6.51. The highest BCUT2D eigenvalue weighted by Crippen LogP contribution is 2.27. The summed E-state index contributed by atoms with van der Waals surface area (Å²) < 4.78 is 0. The van der Waals surface area contributed by atoms with Crippen LogP contribution in [0.5, 0.6) is 0 Å². The van der Waals surface area contributed by atoms with Gasteiger partial charge in [0.15, 0.2) is 0 Å². The number of H-pyrrole nitrogens is 1. The van der Waals surface area contributed by atoms with Crippen LogP contribution in [0.3, 0.4) is 0 Å². The van der Waals surface area contributed by atoms with E-state index in [0.29, 0.717) is 12.1 Å². The Hall–Kier alpha value is -2.56. The molecule has 5 heteroatoms. The van der Waals surface area contributed by atoms with Gasteiger partial charge >= 0.3 is 0 Å². The quantitative estimate of drug-likeness (QED) is 0.705. The van der Waals surface area contributed by atoms with Gasteiger partial charge in [-0.25, -0.2) is 0 Å². The summed E-state index contributed by atoms with van der Waals surface area (Å²) in [5.41, 5.74) is 4.43. The molecule has 1 heterocycles. The van der Waals surface area contributed by atoms with E-state index in [-0.39, 0.29) is 11.5 Å². The topological polar surface area (TPSA) is 74.0 Å². The maximum absolute atomic E-state index is 12.2. The highest BCUT2D eigenvalue weighted by Gasteiger charge is 2.17. The summed E-state index contributed by atoms with van der Waals surface area (Å²) in [6.45, 7) is 2.79. The predicted molar refractivity (Wildman–Crippen MR) is 101 cm³/mol. The van der Waals surface area contributed by atoms with Crippen LogP contribution in [0.4, 0.5) is 11.4 Å². The van der Waals surface area contributed by atoms with Crippen LogP contribution in [0, 0.1) is 0 Å². The molecular weight excluding hydrogens is 314 g/mol. The Morgan fingerprint density at radius 3 is 2.80 bits per heavy atom. The van der Waals surface area contributed by atoms with Crippen molar-refractivity contribution in [3.05, 3.63) is 57.5 Å². The summed E-state index contributed by atoms with van der Waals surface area (Å²) in [4.78, 5) is 27.0. The molecule has 25 heavy (non-hydrogen) atoms. The number of nitrogens with one attached hydrogen (secondary N) is 3. The fourth-order valence-electron chi connectivity index (χ4n) is 3.25. The van der Waals surface area contributed by atoms with Crippen LogP contribution in [-0.2, 0) is 12.8 Å². The molecule has 0 spiro atoms. The molecule has 2 aromatic rings. The molecule has 1 aromatic heterocycles. The van der Waals surface area contributed by atoms with E-state index in [4.69, 9.17) is 0 Å². The Balaban J connectivity index is 1.79. The predicted octanol–water partition coefficient (Wildman–Crippen LogP) is 3.53. The van der Waals surface area contributed by atoms with Gasteiger partial charge in [0.1, 0.15) is 0 Å². The fourth-order valence-corrected chi connectivity index (χ4v) is 3.25. The number of carbonyl (C=O) groups excluding carboxylic acids is 1. The summed E-state index contributed by atoms with van der Waals surface area (Å²) >= 11 is 0. The first-order valence-electron chi connectivity index (χ1n) is 9.07. The minimum Gasteiger partial charge on any atom is -0.354 e. The van der Waals surface area contributed by atoms with Crippen LogP contribution in [0.25, 0.3) is 0 Å². The zero-order valence-corrected chi connectivity index (χ0v) is 14.7. The zero-order valence-electron chi connectivity index (χ0n) is 14.7. The summed E-state index contributed by atoms with van der Waals surface area (Å²) in [6.07, 6.45) is 7.68. The smallest absolute Gasteiger partial charge is 0.251 e. The second-order valence-electron chi connectivity index (χ2n) is 6.51. The SMILES string of the molecule is CCCCNC(=O)c1cccc(Nc2c[nH]c(=O)c3c2CCCC3)c1. The molecule has 3 N–H and O–H groups in total. The highest BCUT2D eigenvalue weighted by atomic mass is 16.1. The first kappa shape index (κ1) is 17.3. The molecule has 0 aliphatic heterocycles. The van der Waals surface area contributed by atoms with Crippen LogP contribution in [-0.4, -0.2) is 17.4 Å². The Bertz CT molecular complexity index is 811. The number of rotatable bonds is 6. The Morgan fingerprint density at radius 1 is 1.20 bits per heavy atom. The van der Waals surface area contributed by atoms with Crippen molar-refractivity contribution in [1.29, 1.82) is 0 Å². The maximum atomic E-state index is 12.2. The molecule has 0 unspecified atom stereocenters. The molecule has 0 atom stereocenters. The number of aromatic nitrogens is 1. The molecule has 1 aromatic carbocycles. The summed E-state index contributed by atoms with van der Waals surface area (Å²) in [7, 11) is 0. The van der Waals surface area contributed by atoms with Gasteiger partial charge in [-0.1, -0.05) is 19.4 Å². The number of aromatic amines is 1. The number of hydrogen-bond donors (Lipinski definition) is 3. The second kappa shape index (κ2) is 8.01. The number of unbranched alkanes of at least 4 members (excludes halogenated alkanes) is 1. The maximum Gasteiger partial charge on any atom is 0.251 e. The Morgan fingerprint density at radius 2 is 2.00 bits per heavy atom. The van der Waals surface area contributed by atoms with Gasteiger partial charge in [-0.15, -0.1) is 0 Å². The molecule has 0 bridgehead atoms. The molecule has 1 aliphatic carbocycles. The van der Waals surface area contributed by atoms with Crippen LogP contribution < -0.4 is 16.2 Å². The largest absolute Gasteiger partial charge is 0.354 e. The third-order valence-corrected chi connectivity index (χ3v) is 4.63. The third kappa shape index (κ3) is 4.10. The monoisotopic (exact) mass is 339 g/mol. The number of amides is 1. The van der Waals surface area contributed by atoms with Crippen molar-refractivity contribution in [3.8, 4) is 0 Å².